The van der Waals surface area contributed by atoms with E-state index in [1.54, 1.807) is 23.1 Å². The van der Waals surface area contributed by atoms with Crippen LogP contribution in [0.4, 0.5) is 11.4 Å². The van der Waals surface area contributed by atoms with Crippen LogP contribution in [0.2, 0.25) is 0 Å². The van der Waals surface area contributed by atoms with Crippen molar-refractivity contribution in [3.63, 3.8) is 0 Å². The molecule has 3 rings (SSSR count). The number of unbranched alkanes of at least 4 members (excludes halogenated alkanes) is 1. The third-order valence-corrected chi connectivity index (χ3v) is 5.60. The molecule has 0 saturated carbocycles. The highest BCUT2D eigenvalue weighted by Crippen LogP contribution is 2.28. The van der Waals surface area contributed by atoms with Gasteiger partial charge in [-0.2, -0.15) is 0 Å². The monoisotopic (exact) mass is 438 g/mol. The number of carbonyl (C=O) groups excluding carboxylic acids is 3. The normalized spacial score (nSPS) is 15.5. The Morgan fingerprint density at radius 1 is 1.16 bits per heavy atom. The Labute approximate surface area is 188 Å². The maximum Gasteiger partial charge on any atom is 0.343 e. The van der Waals surface area contributed by atoms with E-state index < -0.39 is 11.9 Å². The van der Waals surface area contributed by atoms with Crippen molar-refractivity contribution < 1.29 is 23.9 Å². The van der Waals surface area contributed by atoms with Crippen LogP contribution >= 0.6 is 0 Å². The van der Waals surface area contributed by atoms with Crippen LogP contribution in [-0.2, 0) is 25.5 Å². The molecule has 0 spiro atoms. The maximum absolute atomic E-state index is 12.8. The number of esters is 1. The topological polar surface area (TPSA) is 84.9 Å². The van der Waals surface area contributed by atoms with E-state index >= 15 is 0 Å². The molecule has 1 fully saturated rings. The van der Waals surface area contributed by atoms with Crippen molar-refractivity contribution >= 4 is 29.2 Å². The molecule has 32 heavy (non-hydrogen) atoms. The molecule has 1 aliphatic rings. The smallest absolute Gasteiger partial charge is 0.343 e. The first kappa shape index (κ1) is 23.3. The first-order valence-corrected chi connectivity index (χ1v) is 10.9. The average Bonchev–Trinajstić information content (AvgIpc) is 3.19. The summed E-state index contributed by atoms with van der Waals surface area (Å²) in [6.45, 7) is 4.18. The summed E-state index contributed by atoms with van der Waals surface area (Å²) in [6.07, 6.45) is 3.50. The van der Waals surface area contributed by atoms with Crippen LogP contribution < -0.4 is 15.0 Å². The molecule has 1 aliphatic heterocycles. The summed E-state index contributed by atoms with van der Waals surface area (Å²) in [7, 11) is 1.30. The minimum atomic E-state index is -0.467. The molecule has 7 heteroatoms. The number of hydrogen-bond donors (Lipinski definition) is 1. The predicted octanol–water partition coefficient (Wildman–Crippen LogP) is 3.88. The second-order valence-corrected chi connectivity index (χ2v) is 8.01. The second-order valence-electron chi connectivity index (χ2n) is 8.01. The zero-order chi connectivity index (χ0) is 23.1. The summed E-state index contributed by atoms with van der Waals surface area (Å²) in [5.41, 5.74) is 3.52. The lowest BCUT2D eigenvalue weighted by Crippen LogP contribution is -2.28. The molecule has 0 aromatic heterocycles. The number of nitrogens with one attached hydrogen (secondary N) is 1. The van der Waals surface area contributed by atoms with Crippen molar-refractivity contribution in [1.29, 1.82) is 0 Å². The molecule has 7 nitrogen and oxygen atoms in total. The van der Waals surface area contributed by atoms with E-state index in [-0.39, 0.29) is 24.8 Å². The summed E-state index contributed by atoms with van der Waals surface area (Å²) in [6, 6.07) is 13.2. The van der Waals surface area contributed by atoms with Crippen LogP contribution in [0.5, 0.6) is 5.75 Å². The van der Waals surface area contributed by atoms with Gasteiger partial charge in [-0.25, -0.2) is 4.79 Å². The summed E-state index contributed by atoms with van der Waals surface area (Å²) >= 11 is 0. The van der Waals surface area contributed by atoms with E-state index in [1.165, 1.54) is 12.7 Å². The molecule has 1 heterocycles. The number of aryl methyl sites for hydroxylation is 2. The van der Waals surface area contributed by atoms with E-state index in [2.05, 4.69) is 29.1 Å². The lowest BCUT2D eigenvalue weighted by molar-refractivity contribution is -0.142. The number of benzene rings is 2. The minimum absolute atomic E-state index is 0.0465. The number of rotatable bonds is 9. The molecule has 1 unspecified atom stereocenters. The molecule has 170 valence electrons. The van der Waals surface area contributed by atoms with Gasteiger partial charge < -0.3 is 19.7 Å². The van der Waals surface area contributed by atoms with Gasteiger partial charge in [-0.1, -0.05) is 25.5 Å². The van der Waals surface area contributed by atoms with Gasteiger partial charge in [0.2, 0.25) is 11.8 Å². The van der Waals surface area contributed by atoms with Crippen molar-refractivity contribution in [2.75, 3.05) is 30.5 Å². The van der Waals surface area contributed by atoms with Crippen LogP contribution in [-0.4, -0.2) is 38.0 Å². The minimum Gasteiger partial charge on any atom is -0.482 e. The Kier molecular flexibility index (Phi) is 7.87. The molecule has 1 saturated heterocycles. The Bertz CT molecular complexity index is 971. The predicted molar refractivity (Wildman–Crippen MR) is 123 cm³/mol. The van der Waals surface area contributed by atoms with Gasteiger partial charge in [0.1, 0.15) is 5.75 Å². The Morgan fingerprint density at radius 2 is 1.91 bits per heavy atom. The SMILES string of the molecule is CCCCc1ccc(N2CC(C(=O)Nc3ccc(OCC(=O)OC)cc3C)CC2=O)cc1. The Balaban J connectivity index is 1.59. The highest BCUT2D eigenvalue weighted by molar-refractivity contribution is 6.03. The van der Waals surface area contributed by atoms with Crippen LogP contribution in [0, 0.1) is 12.8 Å². The maximum atomic E-state index is 12.8. The summed E-state index contributed by atoms with van der Waals surface area (Å²) in [4.78, 5) is 38.3. The highest BCUT2D eigenvalue weighted by Gasteiger charge is 2.35. The van der Waals surface area contributed by atoms with Crippen LogP contribution in [0.25, 0.3) is 0 Å². The van der Waals surface area contributed by atoms with Crippen LogP contribution in [0.15, 0.2) is 42.5 Å². The molecule has 1 N–H and O–H groups in total. The van der Waals surface area contributed by atoms with E-state index in [1.807, 2.05) is 19.1 Å². The molecular formula is C25H30N2O5. The van der Waals surface area contributed by atoms with Crippen molar-refractivity contribution in [3.05, 3.63) is 53.6 Å². The largest absolute Gasteiger partial charge is 0.482 e. The number of anilines is 2. The van der Waals surface area contributed by atoms with E-state index in [0.717, 1.165) is 30.5 Å². The standard InChI is InChI=1S/C25H30N2O5/c1-4-5-6-18-7-9-20(10-8-18)27-15-19(14-23(27)28)25(30)26-22-12-11-21(13-17(22)2)32-16-24(29)31-3/h7-13,19H,4-6,14-16H2,1-3H3,(H,26,30). The fourth-order valence-electron chi connectivity index (χ4n) is 3.66. The van der Waals surface area contributed by atoms with E-state index in [4.69, 9.17) is 4.74 Å². The highest BCUT2D eigenvalue weighted by atomic mass is 16.6. The Morgan fingerprint density at radius 3 is 2.56 bits per heavy atom. The van der Waals surface area contributed by atoms with Crippen molar-refractivity contribution in [2.24, 2.45) is 5.92 Å². The molecule has 0 bridgehead atoms. The number of ether oxygens (including phenoxy) is 2. The second kappa shape index (κ2) is 10.8. The third-order valence-electron chi connectivity index (χ3n) is 5.60. The van der Waals surface area contributed by atoms with E-state index in [0.29, 0.717) is 18.0 Å². The third kappa shape index (κ3) is 5.87. The van der Waals surface area contributed by atoms with Crippen molar-refractivity contribution in [2.45, 2.75) is 39.5 Å². The zero-order valence-electron chi connectivity index (χ0n) is 18.8. The van der Waals surface area contributed by atoms with Gasteiger partial charge in [0.05, 0.1) is 13.0 Å². The molecular weight excluding hydrogens is 408 g/mol. The molecule has 2 amide bonds. The lowest BCUT2D eigenvalue weighted by Gasteiger charge is -2.17. The lowest BCUT2D eigenvalue weighted by atomic mass is 10.1. The molecule has 1 atom stereocenters. The van der Waals surface area contributed by atoms with Gasteiger partial charge in [-0.15, -0.1) is 0 Å². The summed E-state index contributed by atoms with van der Waals surface area (Å²) in [5, 5.41) is 2.92. The van der Waals surface area contributed by atoms with Crippen LogP contribution in [0.1, 0.15) is 37.3 Å². The number of nitrogens with zero attached hydrogens (tertiary/aromatic N) is 1. The van der Waals surface area contributed by atoms with Crippen LogP contribution in [0.3, 0.4) is 0 Å². The fourth-order valence-corrected chi connectivity index (χ4v) is 3.66. The summed E-state index contributed by atoms with van der Waals surface area (Å²) < 4.78 is 9.92. The molecule has 0 radical (unpaired) electrons. The number of hydrogen-bond acceptors (Lipinski definition) is 5. The van der Waals surface area contributed by atoms with Gasteiger partial charge in [0.15, 0.2) is 6.61 Å². The van der Waals surface area contributed by atoms with Gasteiger partial charge in [0.25, 0.3) is 0 Å². The number of methoxy groups -OCH3 is 1. The van der Waals surface area contributed by atoms with E-state index in [9.17, 15) is 14.4 Å². The average molecular weight is 439 g/mol. The summed E-state index contributed by atoms with van der Waals surface area (Å²) in [5.74, 6) is -0.611. The first-order valence-electron chi connectivity index (χ1n) is 10.9. The number of carbonyl (C=O) groups is 3. The number of amides is 2. The molecule has 2 aromatic rings. The molecule has 2 aromatic carbocycles. The zero-order valence-corrected chi connectivity index (χ0v) is 18.8. The van der Waals surface area contributed by atoms with Gasteiger partial charge >= 0.3 is 5.97 Å². The van der Waals surface area contributed by atoms with Gasteiger partial charge in [-0.05, 0) is 61.2 Å². The molecule has 0 aliphatic carbocycles. The quantitative estimate of drug-likeness (QED) is 0.601. The fraction of sp³-hybridized carbons (Fsp3) is 0.400. The van der Waals surface area contributed by atoms with Crippen molar-refractivity contribution in [3.8, 4) is 5.75 Å². The van der Waals surface area contributed by atoms with Crippen molar-refractivity contribution in [1.82, 2.24) is 0 Å². The Hall–Kier alpha value is -3.35. The first-order chi connectivity index (χ1) is 15.4. The van der Waals surface area contributed by atoms with Gasteiger partial charge in [-0.3, -0.25) is 9.59 Å². The van der Waals surface area contributed by atoms with Gasteiger partial charge in [0, 0.05) is 24.3 Å².